The summed E-state index contributed by atoms with van der Waals surface area (Å²) in [6.45, 7) is 2.30. The van der Waals surface area contributed by atoms with E-state index >= 15 is 0 Å². The molecule has 0 atom stereocenters. The van der Waals surface area contributed by atoms with Gasteiger partial charge in [0.15, 0.2) is 9.84 Å². The van der Waals surface area contributed by atoms with E-state index in [9.17, 15) is 13.2 Å². The van der Waals surface area contributed by atoms with Gasteiger partial charge in [-0.2, -0.15) is 0 Å². The predicted octanol–water partition coefficient (Wildman–Crippen LogP) is 2.83. The number of rotatable bonds is 7. The number of hydrogen-bond donors (Lipinski definition) is 0. The van der Waals surface area contributed by atoms with E-state index in [2.05, 4.69) is 0 Å². The first-order chi connectivity index (χ1) is 11.8. The van der Waals surface area contributed by atoms with Crippen LogP contribution in [0, 0.1) is 6.92 Å². The average Bonchev–Trinajstić information content (AvgIpc) is 2.60. The van der Waals surface area contributed by atoms with Gasteiger partial charge in [-0.1, -0.05) is 29.8 Å². The van der Waals surface area contributed by atoms with Crippen LogP contribution in [0.15, 0.2) is 53.4 Å². The minimum absolute atomic E-state index is 0.0450. The zero-order chi connectivity index (χ0) is 18.4. The van der Waals surface area contributed by atoms with E-state index in [1.54, 1.807) is 38.4 Å². The van der Waals surface area contributed by atoms with Crippen LogP contribution in [-0.4, -0.2) is 39.1 Å². The highest BCUT2D eigenvalue weighted by atomic mass is 32.2. The number of nitrogens with zero attached hydrogens (tertiary/aromatic N) is 1. The first-order valence-corrected chi connectivity index (χ1v) is 9.63. The van der Waals surface area contributed by atoms with E-state index in [1.807, 2.05) is 31.2 Å². The lowest BCUT2D eigenvalue weighted by atomic mass is 10.2. The predicted molar refractivity (Wildman–Crippen MR) is 97.3 cm³/mol. The van der Waals surface area contributed by atoms with Gasteiger partial charge in [-0.3, -0.25) is 4.79 Å². The molecule has 2 rings (SSSR count). The summed E-state index contributed by atoms with van der Waals surface area (Å²) < 4.78 is 29.8. The molecule has 2 aromatic carbocycles. The molecule has 134 valence electrons. The fraction of sp³-hybridized carbons (Fsp3) is 0.316. The third kappa shape index (κ3) is 5.32. The Labute approximate surface area is 149 Å². The van der Waals surface area contributed by atoms with Crippen LogP contribution in [0.2, 0.25) is 0 Å². The van der Waals surface area contributed by atoms with Crippen molar-refractivity contribution in [3.8, 4) is 5.75 Å². The average molecular weight is 361 g/mol. The fourth-order valence-corrected chi connectivity index (χ4v) is 3.64. The molecule has 0 aliphatic rings. The quantitative estimate of drug-likeness (QED) is 0.761. The number of carbonyl (C=O) groups is 1. The highest BCUT2D eigenvalue weighted by Gasteiger charge is 2.18. The standard InChI is InChI=1S/C19H23NO4S/c1-15-7-9-18(10-8-15)25(22,23)12-11-19(21)20(2)14-16-5-4-6-17(13-16)24-3/h4-10,13H,11-12,14H2,1-3H3. The Morgan fingerprint density at radius 2 is 1.80 bits per heavy atom. The summed E-state index contributed by atoms with van der Waals surface area (Å²) in [5.41, 5.74) is 1.92. The van der Waals surface area contributed by atoms with Crippen molar-refractivity contribution in [1.82, 2.24) is 4.90 Å². The summed E-state index contributed by atoms with van der Waals surface area (Å²) in [6, 6.07) is 14.1. The fourth-order valence-electron chi connectivity index (χ4n) is 2.41. The van der Waals surface area contributed by atoms with Gasteiger partial charge in [-0.15, -0.1) is 0 Å². The molecule has 0 saturated carbocycles. The largest absolute Gasteiger partial charge is 0.497 e. The monoisotopic (exact) mass is 361 g/mol. The molecule has 2 aromatic rings. The topological polar surface area (TPSA) is 63.7 Å². The highest BCUT2D eigenvalue weighted by molar-refractivity contribution is 7.91. The molecule has 0 spiro atoms. The van der Waals surface area contributed by atoms with Crippen LogP contribution in [0.3, 0.4) is 0 Å². The first-order valence-electron chi connectivity index (χ1n) is 7.98. The molecule has 0 aromatic heterocycles. The summed E-state index contributed by atoms with van der Waals surface area (Å²) in [4.78, 5) is 14.0. The van der Waals surface area contributed by atoms with Crippen molar-refractivity contribution in [1.29, 1.82) is 0 Å². The third-order valence-corrected chi connectivity index (χ3v) is 5.68. The van der Waals surface area contributed by atoms with Gasteiger partial charge in [-0.05, 0) is 36.8 Å². The van der Waals surface area contributed by atoms with Gasteiger partial charge < -0.3 is 9.64 Å². The second-order valence-electron chi connectivity index (χ2n) is 5.98. The molecule has 0 fully saturated rings. The summed E-state index contributed by atoms with van der Waals surface area (Å²) in [6.07, 6.45) is -0.0450. The number of sulfone groups is 1. The molecular formula is C19H23NO4S. The number of hydrogen-bond acceptors (Lipinski definition) is 4. The Kier molecular flexibility index (Phi) is 6.20. The van der Waals surface area contributed by atoms with Crippen molar-refractivity contribution in [2.24, 2.45) is 0 Å². The van der Waals surface area contributed by atoms with Gasteiger partial charge in [0.1, 0.15) is 5.75 Å². The number of methoxy groups -OCH3 is 1. The summed E-state index contributed by atoms with van der Waals surface area (Å²) in [7, 11) is -0.202. The van der Waals surface area contributed by atoms with E-state index in [1.165, 1.54) is 4.90 Å². The molecule has 6 heteroatoms. The van der Waals surface area contributed by atoms with Crippen LogP contribution < -0.4 is 4.74 Å². The van der Waals surface area contributed by atoms with E-state index in [4.69, 9.17) is 4.74 Å². The van der Waals surface area contributed by atoms with Crippen molar-refractivity contribution in [3.05, 3.63) is 59.7 Å². The zero-order valence-corrected chi connectivity index (χ0v) is 15.5. The van der Waals surface area contributed by atoms with Gasteiger partial charge in [0.25, 0.3) is 0 Å². The number of benzene rings is 2. The van der Waals surface area contributed by atoms with Crippen LogP contribution in [-0.2, 0) is 21.2 Å². The maximum atomic E-state index is 12.3. The maximum Gasteiger partial charge on any atom is 0.223 e. The van der Waals surface area contributed by atoms with Crippen molar-refractivity contribution < 1.29 is 17.9 Å². The lowest BCUT2D eigenvalue weighted by Crippen LogP contribution is -2.28. The molecule has 0 aliphatic carbocycles. The van der Waals surface area contributed by atoms with Crippen molar-refractivity contribution in [2.45, 2.75) is 24.8 Å². The number of aryl methyl sites for hydroxylation is 1. The Balaban J connectivity index is 1.95. The molecular weight excluding hydrogens is 338 g/mol. The maximum absolute atomic E-state index is 12.3. The number of carbonyl (C=O) groups excluding carboxylic acids is 1. The minimum atomic E-state index is -3.46. The Morgan fingerprint density at radius 3 is 2.44 bits per heavy atom. The molecule has 25 heavy (non-hydrogen) atoms. The second kappa shape index (κ2) is 8.16. The molecule has 0 radical (unpaired) electrons. The minimum Gasteiger partial charge on any atom is -0.497 e. The summed E-state index contributed by atoms with van der Waals surface area (Å²) >= 11 is 0. The van der Waals surface area contributed by atoms with Crippen molar-refractivity contribution in [2.75, 3.05) is 19.9 Å². The molecule has 0 heterocycles. The number of amides is 1. The molecule has 0 unspecified atom stereocenters. The molecule has 0 aliphatic heterocycles. The van der Waals surface area contributed by atoms with Crippen LogP contribution >= 0.6 is 0 Å². The van der Waals surface area contributed by atoms with Crippen LogP contribution in [0.4, 0.5) is 0 Å². The SMILES string of the molecule is COc1cccc(CN(C)C(=O)CCS(=O)(=O)c2ccc(C)cc2)c1. The lowest BCUT2D eigenvalue weighted by Gasteiger charge is -2.17. The van der Waals surface area contributed by atoms with Crippen molar-refractivity contribution >= 4 is 15.7 Å². The van der Waals surface area contributed by atoms with Gasteiger partial charge in [0.2, 0.25) is 5.91 Å². The smallest absolute Gasteiger partial charge is 0.223 e. The van der Waals surface area contributed by atoms with Gasteiger partial charge >= 0.3 is 0 Å². The van der Waals surface area contributed by atoms with Gasteiger partial charge in [-0.25, -0.2) is 8.42 Å². The molecule has 5 nitrogen and oxygen atoms in total. The van der Waals surface area contributed by atoms with E-state index in [-0.39, 0.29) is 23.0 Å². The second-order valence-corrected chi connectivity index (χ2v) is 8.09. The molecule has 0 bridgehead atoms. The van der Waals surface area contributed by atoms with Crippen molar-refractivity contribution in [3.63, 3.8) is 0 Å². The van der Waals surface area contributed by atoms with Gasteiger partial charge in [0.05, 0.1) is 17.8 Å². The van der Waals surface area contributed by atoms with Gasteiger partial charge in [0, 0.05) is 20.0 Å². The first kappa shape index (κ1) is 19.0. The Morgan fingerprint density at radius 1 is 1.12 bits per heavy atom. The number of ether oxygens (including phenoxy) is 1. The van der Waals surface area contributed by atoms with E-state index in [0.717, 1.165) is 16.9 Å². The van der Waals surface area contributed by atoms with E-state index in [0.29, 0.717) is 6.54 Å². The van der Waals surface area contributed by atoms with E-state index < -0.39 is 9.84 Å². The molecule has 1 amide bonds. The lowest BCUT2D eigenvalue weighted by molar-refractivity contribution is -0.130. The summed E-state index contributed by atoms with van der Waals surface area (Å²) in [5.74, 6) is 0.316. The molecule has 0 N–H and O–H groups in total. The van der Waals surface area contributed by atoms with Crippen LogP contribution in [0.1, 0.15) is 17.5 Å². The van der Waals surface area contributed by atoms with Crippen LogP contribution in [0.25, 0.3) is 0 Å². The Bertz CT molecular complexity index is 829. The van der Waals surface area contributed by atoms with Crippen LogP contribution in [0.5, 0.6) is 5.75 Å². The Hall–Kier alpha value is -2.34. The third-order valence-electron chi connectivity index (χ3n) is 3.94. The zero-order valence-electron chi connectivity index (χ0n) is 14.7. The molecule has 0 saturated heterocycles. The normalized spacial score (nSPS) is 11.2. The highest BCUT2D eigenvalue weighted by Crippen LogP contribution is 2.16. The summed E-state index contributed by atoms with van der Waals surface area (Å²) in [5, 5.41) is 0.